The Balaban J connectivity index is 2.44. The van der Waals surface area contributed by atoms with Gasteiger partial charge in [0, 0.05) is 31.5 Å². The Morgan fingerprint density at radius 2 is 1.89 bits per heavy atom. The summed E-state index contributed by atoms with van der Waals surface area (Å²) in [6.07, 6.45) is 0.861. The first kappa shape index (κ1) is 15.0. The number of anilines is 2. The van der Waals surface area contributed by atoms with Gasteiger partial charge in [-0.15, -0.1) is 0 Å². The minimum atomic E-state index is 0.274. The van der Waals surface area contributed by atoms with Crippen LogP contribution >= 0.6 is 11.8 Å². The maximum absolute atomic E-state index is 8.67. The van der Waals surface area contributed by atoms with E-state index in [4.69, 9.17) is 5.11 Å². The van der Waals surface area contributed by atoms with Crippen LogP contribution in [0.1, 0.15) is 17.8 Å². The van der Waals surface area contributed by atoms with Gasteiger partial charge in [0.15, 0.2) is 0 Å². The molecule has 0 saturated carbocycles. The summed E-state index contributed by atoms with van der Waals surface area (Å²) in [7, 11) is 1.86. The molecule has 102 valence electrons. The summed E-state index contributed by atoms with van der Waals surface area (Å²) in [5, 5.41) is 15.1. The van der Waals surface area contributed by atoms with E-state index in [-0.39, 0.29) is 6.61 Å². The van der Waals surface area contributed by atoms with Gasteiger partial charge in [0.25, 0.3) is 0 Å². The number of nitrogens with zero attached hydrogens (tertiary/aromatic N) is 2. The highest BCUT2D eigenvalue weighted by Gasteiger charge is 2.06. The summed E-state index contributed by atoms with van der Waals surface area (Å²) >= 11 is 1.84. The topological polar surface area (TPSA) is 70.1 Å². The molecule has 18 heavy (non-hydrogen) atoms. The van der Waals surface area contributed by atoms with Crippen LogP contribution in [0, 0.1) is 13.8 Å². The predicted octanol–water partition coefficient (Wildman–Crippen LogP) is 1.66. The van der Waals surface area contributed by atoms with Gasteiger partial charge in [-0.25, -0.2) is 9.97 Å². The van der Waals surface area contributed by atoms with E-state index >= 15 is 0 Å². The van der Waals surface area contributed by atoms with Crippen molar-refractivity contribution in [1.82, 2.24) is 9.97 Å². The Hall–Kier alpha value is -1.01. The molecule has 1 heterocycles. The second kappa shape index (κ2) is 8.16. The highest BCUT2D eigenvalue weighted by molar-refractivity contribution is 7.99. The number of rotatable bonds is 8. The van der Waals surface area contributed by atoms with Crippen molar-refractivity contribution in [1.29, 1.82) is 0 Å². The van der Waals surface area contributed by atoms with Crippen molar-refractivity contribution >= 4 is 23.4 Å². The van der Waals surface area contributed by atoms with Gasteiger partial charge in [0.2, 0.25) is 0 Å². The van der Waals surface area contributed by atoms with Gasteiger partial charge in [0.1, 0.15) is 17.5 Å². The van der Waals surface area contributed by atoms with Crippen molar-refractivity contribution in [3.8, 4) is 0 Å². The second-order valence-corrected chi connectivity index (χ2v) is 5.18. The first-order valence-electron chi connectivity index (χ1n) is 6.14. The molecule has 3 N–H and O–H groups in total. The smallest absolute Gasteiger partial charge is 0.134 e. The molecule has 0 aliphatic carbocycles. The third kappa shape index (κ3) is 4.70. The Kier molecular flexibility index (Phi) is 6.82. The molecule has 1 aromatic heterocycles. The summed E-state index contributed by atoms with van der Waals surface area (Å²) in [4.78, 5) is 8.73. The van der Waals surface area contributed by atoms with Crippen LogP contribution in [0.4, 0.5) is 11.6 Å². The standard InChI is InChI=1S/C12H22N4OS/c1-9-11(13-3)15-10(2)16-12(9)14-5-8-18-7-4-6-17/h17H,4-8H2,1-3H3,(H2,13,14,15,16). The van der Waals surface area contributed by atoms with Gasteiger partial charge in [-0.3, -0.25) is 0 Å². The van der Waals surface area contributed by atoms with E-state index in [0.717, 1.165) is 47.5 Å². The maximum atomic E-state index is 8.67. The Morgan fingerprint density at radius 1 is 1.17 bits per heavy atom. The van der Waals surface area contributed by atoms with E-state index in [0.29, 0.717) is 0 Å². The number of hydrogen-bond acceptors (Lipinski definition) is 6. The lowest BCUT2D eigenvalue weighted by Gasteiger charge is -2.12. The van der Waals surface area contributed by atoms with Gasteiger partial charge >= 0.3 is 0 Å². The van der Waals surface area contributed by atoms with Crippen molar-refractivity contribution < 1.29 is 5.11 Å². The van der Waals surface area contributed by atoms with Crippen molar-refractivity contribution in [2.75, 3.05) is 42.3 Å². The summed E-state index contributed by atoms with van der Waals surface area (Å²) < 4.78 is 0. The quantitative estimate of drug-likeness (QED) is 0.624. The predicted molar refractivity (Wildman–Crippen MR) is 78.6 cm³/mol. The lowest BCUT2D eigenvalue weighted by molar-refractivity contribution is 0.296. The number of aromatic nitrogens is 2. The number of thioether (sulfide) groups is 1. The van der Waals surface area contributed by atoms with Crippen LogP contribution in [-0.2, 0) is 0 Å². The molecule has 0 radical (unpaired) electrons. The van der Waals surface area contributed by atoms with Gasteiger partial charge in [-0.1, -0.05) is 0 Å². The van der Waals surface area contributed by atoms with E-state index in [1.807, 2.05) is 32.7 Å². The zero-order valence-electron chi connectivity index (χ0n) is 11.3. The molecule has 0 bridgehead atoms. The second-order valence-electron chi connectivity index (χ2n) is 3.96. The molecule has 0 atom stereocenters. The number of nitrogens with one attached hydrogen (secondary N) is 2. The van der Waals surface area contributed by atoms with Crippen LogP contribution in [0.5, 0.6) is 0 Å². The fourth-order valence-electron chi connectivity index (χ4n) is 1.55. The molecular formula is C12H22N4OS. The average molecular weight is 270 g/mol. The molecule has 0 aliphatic rings. The van der Waals surface area contributed by atoms with Crippen LogP contribution in [0.2, 0.25) is 0 Å². The summed E-state index contributed by atoms with van der Waals surface area (Å²) in [6.45, 7) is 5.04. The highest BCUT2D eigenvalue weighted by Crippen LogP contribution is 2.19. The molecule has 0 amide bonds. The zero-order valence-corrected chi connectivity index (χ0v) is 12.1. The minimum absolute atomic E-state index is 0.274. The van der Waals surface area contributed by atoms with Crippen LogP contribution in [0.25, 0.3) is 0 Å². The molecule has 0 aromatic carbocycles. The van der Waals surface area contributed by atoms with E-state index in [9.17, 15) is 0 Å². The molecule has 6 heteroatoms. The first-order chi connectivity index (χ1) is 8.69. The molecule has 0 fully saturated rings. The van der Waals surface area contributed by atoms with E-state index < -0.39 is 0 Å². The lowest BCUT2D eigenvalue weighted by atomic mass is 10.3. The van der Waals surface area contributed by atoms with Crippen LogP contribution < -0.4 is 10.6 Å². The van der Waals surface area contributed by atoms with E-state index in [2.05, 4.69) is 20.6 Å². The van der Waals surface area contributed by atoms with E-state index in [1.54, 1.807) is 0 Å². The van der Waals surface area contributed by atoms with Crippen LogP contribution in [0.15, 0.2) is 0 Å². The third-order valence-electron chi connectivity index (χ3n) is 2.48. The van der Waals surface area contributed by atoms with Crippen molar-refractivity contribution in [2.45, 2.75) is 20.3 Å². The fraction of sp³-hybridized carbons (Fsp3) is 0.667. The van der Waals surface area contributed by atoms with Crippen molar-refractivity contribution in [3.05, 3.63) is 11.4 Å². The number of hydrogen-bond donors (Lipinski definition) is 3. The van der Waals surface area contributed by atoms with Gasteiger partial charge in [-0.2, -0.15) is 11.8 Å². The fourth-order valence-corrected chi connectivity index (χ4v) is 2.34. The third-order valence-corrected chi connectivity index (χ3v) is 3.55. The molecule has 0 saturated heterocycles. The largest absolute Gasteiger partial charge is 0.396 e. The molecule has 5 nitrogen and oxygen atoms in total. The maximum Gasteiger partial charge on any atom is 0.134 e. The normalized spacial score (nSPS) is 10.4. The molecule has 0 spiro atoms. The minimum Gasteiger partial charge on any atom is -0.396 e. The average Bonchev–Trinajstić information content (AvgIpc) is 2.37. The Labute approximate surface area is 113 Å². The summed E-state index contributed by atoms with van der Waals surface area (Å²) in [5.41, 5.74) is 1.04. The van der Waals surface area contributed by atoms with Crippen molar-refractivity contribution in [3.63, 3.8) is 0 Å². The lowest BCUT2D eigenvalue weighted by Crippen LogP contribution is -2.11. The van der Waals surface area contributed by atoms with Gasteiger partial charge in [-0.05, 0) is 26.0 Å². The molecule has 0 aliphatic heterocycles. The highest BCUT2D eigenvalue weighted by atomic mass is 32.2. The summed E-state index contributed by atoms with van der Waals surface area (Å²) in [5.74, 6) is 4.55. The van der Waals surface area contributed by atoms with Gasteiger partial charge in [0.05, 0.1) is 0 Å². The molecule has 0 unspecified atom stereocenters. The molecular weight excluding hydrogens is 248 g/mol. The van der Waals surface area contributed by atoms with Crippen LogP contribution in [0.3, 0.4) is 0 Å². The Morgan fingerprint density at radius 3 is 2.56 bits per heavy atom. The van der Waals surface area contributed by atoms with Crippen LogP contribution in [-0.4, -0.2) is 46.8 Å². The SMILES string of the molecule is CNc1nc(C)nc(NCCSCCCO)c1C. The van der Waals surface area contributed by atoms with E-state index in [1.165, 1.54) is 0 Å². The molecule has 1 rings (SSSR count). The Bertz CT molecular complexity index is 373. The monoisotopic (exact) mass is 270 g/mol. The van der Waals surface area contributed by atoms with Crippen molar-refractivity contribution in [2.24, 2.45) is 0 Å². The molecule has 1 aromatic rings. The number of aliphatic hydroxyl groups excluding tert-OH is 1. The summed E-state index contributed by atoms with van der Waals surface area (Å²) in [6, 6.07) is 0. The number of aliphatic hydroxyl groups is 1. The zero-order chi connectivity index (χ0) is 13.4. The number of aryl methyl sites for hydroxylation is 1. The van der Waals surface area contributed by atoms with Gasteiger partial charge < -0.3 is 15.7 Å². The first-order valence-corrected chi connectivity index (χ1v) is 7.30.